The maximum Gasteiger partial charge on any atom is 0.229 e. The number of carbonyl (C=O) groups excluding carboxylic acids is 1. The molecule has 2 aliphatic rings. The van der Waals surface area contributed by atoms with Gasteiger partial charge in [0.25, 0.3) is 0 Å². The molecule has 0 saturated carbocycles. The third-order valence-corrected chi connectivity index (χ3v) is 4.50. The molecule has 2 fully saturated rings. The van der Waals surface area contributed by atoms with Gasteiger partial charge in [0.15, 0.2) is 0 Å². The van der Waals surface area contributed by atoms with E-state index in [0.717, 1.165) is 32.5 Å². The van der Waals surface area contributed by atoms with Crippen molar-refractivity contribution in [1.29, 1.82) is 0 Å². The van der Waals surface area contributed by atoms with E-state index in [1.807, 2.05) is 12.1 Å². The van der Waals surface area contributed by atoms with Gasteiger partial charge in [0.2, 0.25) is 5.91 Å². The molecule has 0 aromatic carbocycles. The van der Waals surface area contributed by atoms with Crippen LogP contribution in [0.1, 0.15) is 12.8 Å². The lowest BCUT2D eigenvalue weighted by Gasteiger charge is -2.45. The Morgan fingerprint density at radius 2 is 2.36 bits per heavy atom. The van der Waals surface area contributed by atoms with Crippen LogP contribution in [-0.4, -0.2) is 60.4 Å². The Morgan fingerprint density at radius 1 is 1.50 bits per heavy atom. The van der Waals surface area contributed by atoms with Crippen molar-refractivity contribution in [1.82, 2.24) is 9.88 Å². The number of nitrogens with one attached hydrogen (secondary N) is 1. The van der Waals surface area contributed by atoms with E-state index >= 15 is 0 Å². The quantitative estimate of drug-likeness (QED) is 0.839. The van der Waals surface area contributed by atoms with Gasteiger partial charge in [-0.1, -0.05) is 6.07 Å². The van der Waals surface area contributed by atoms with Crippen molar-refractivity contribution < 1.29 is 14.6 Å². The Bertz CT molecular complexity index is 499. The number of aliphatic hydroxyl groups excluding tert-OH is 1. The van der Waals surface area contributed by atoms with Gasteiger partial charge >= 0.3 is 0 Å². The first-order valence-electron chi connectivity index (χ1n) is 7.84. The Morgan fingerprint density at radius 3 is 3.00 bits per heavy atom. The van der Waals surface area contributed by atoms with Gasteiger partial charge in [-0.25, -0.2) is 4.98 Å². The summed E-state index contributed by atoms with van der Waals surface area (Å²) in [6, 6.07) is 5.48. The van der Waals surface area contributed by atoms with E-state index in [9.17, 15) is 9.90 Å². The topological polar surface area (TPSA) is 74.7 Å². The lowest BCUT2D eigenvalue weighted by Crippen LogP contribution is -2.55. The van der Waals surface area contributed by atoms with Crippen LogP contribution in [0, 0.1) is 11.3 Å². The molecule has 2 N–H and O–H groups in total. The largest absolute Gasteiger partial charge is 0.396 e. The summed E-state index contributed by atoms with van der Waals surface area (Å²) >= 11 is 0. The molecule has 1 amide bonds. The number of anilines is 1. The van der Waals surface area contributed by atoms with Gasteiger partial charge in [-0.2, -0.15) is 0 Å². The van der Waals surface area contributed by atoms with E-state index in [-0.39, 0.29) is 23.8 Å². The molecule has 6 nitrogen and oxygen atoms in total. The summed E-state index contributed by atoms with van der Waals surface area (Å²) in [7, 11) is 0. The van der Waals surface area contributed by atoms with Crippen molar-refractivity contribution >= 4 is 11.7 Å². The first-order chi connectivity index (χ1) is 10.7. The molecule has 1 unspecified atom stereocenters. The average Bonchev–Trinajstić information content (AvgIpc) is 2.52. The smallest absolute Gasteiger partial charge is 0.229 e. The fourth-order valence-corrected chi connectivity index (χ4v) is 3.18. The van der Waals surface area contributed by atoms with Crippen molar-refractivity contribution in [3.05, 3.63) is 24.4 Å². The van der Waals surface area contributed by atoms with E-state index in [0.29, 0.717) is 19.0 Å². The predicted molar refractivity (Wildman–Crippen MR) is 82.4 cm³/mol. The lowest BCUT2D eigenvalue weighted by molar-refractivity contribution is -0.151. The van der Waals surface area contributed by atoms with Crippen LogP contribution in [0.25, 0.3) is 0 Å². The normalized spacial score (nSPS) is 24.5. The molecule has 22 heavy (non-hydrogen) atoms. The Balaban J connectivity index is 1.55. The first-order valence-corrected chi connectivity index (χ1v) is 7.84. The summed E-state index contributed by atoms with van der Waals surface area (Å²) in [4.78, 5) is 18.8. The van der Waals surface area contributed by atoms with Crippen LogP contribution in [0.5, 0.6) is 0 Å². The minimum absolute atomic E-state index is 0.0208. The monoisotopic (exact) mass is 305 g/mol. The lowest BCUT2D eigenvalue weighted by atomic mass is 9.85. The van der Waals surface area contributed by atoms with E-state index < -0.39 is 0 Å². The van der Waals surface area contributed by atoms with Crippen molar-refractivity contribution in [2.75, 3.05) is 44.8 Å². The van der Waals surface area contributed by atoms with Crippen molar-refractivity contribution in [3.63, 3.8) is 0 Å². The molecule has 2 aliphatic heterocycles. The third-order valence-electron chi connectivity index (χ3n) is 4.50. The van der Waals surface area contributed by atoms with Crippen LogP contribution in [0.4, 0.5) is 5.82 Å². The minimum atomic E-state index is -0.126. The summed E-state index contributed by atoms with van der Waals surface area (Å²) in [5, 5.41) is 12.4. The molecule has 120 valence electrons. The summed E-state index contributed by atoms with van der Waals surface area (Å²) in [5.74, 6) is 0.614. The van der Waals surface area contributed by atoms with Gasteiger partial charge in [-0.3, -0.25) is 4.79 Å². The second-order valence-corrected chi connectivity index (χ2v) is 6.43. The van der Waals surface area contributed by atoms with Gasteiger partial charge in [0, 0.05) is 19.3 Å². The molecule has 0 spiro atoms. The fraction of sp³-hybridized carbons (Fsp3) is 0.625. The van der Waals surface area contributed by atoms with Crippen LogP contribution in [0.3, 0.4) is 0 Å². The number of ether oxygens (including phenoxy) is 1. The summed E-state index contributed by atoms with van der Waals surface area (Å²) < 4.78 is 5.25. The average molecular weight is 305 g/mol. The number of rotatable bonds is 5. The van der Waals surface area contributed by atoms with Gasteiger partial charge in [-0.15, -0.1) is 0 Å². The SMILES string of the molecule is O=C(Nc1ccccn1)C1CCCN(CC2(CO)COC2)C1. The van der Waals surface area contributed by atoms with Crippen LogP contribution < -0.4 is 5.32 Å². The van der Waals surface area contributed by atoms with Crippen LogP contribution in [0.15, 0.2) is 24.4 Å². The number of hydrogen-bond acceptors (Lipinski definition) is 5. The highest BCUT2D eigenvalue weighted by Crippen LogP contribution is 2.30. The third kappa shape index (κ3) is 3.45. The standard InChI is InChI=1S/C16H23N3O3/c20-10-16(11-22-12-16)9-19-7-3-4-13(8-19)15(21)18-14-5-1-2-6-17-14/h1-2,5-6,13,20H,3-4,7-12H2,(H,17,18,21). The molecule has 3 heterocycles. The van der Waals surface area contributed by atoms with Crippen molar-refractivity contribution in [3.8, 4) is 0 Å². The number of likely N-dealkylation sites (tertiary alicyclic amines) is 1. The highest BCUT2D eigenvalue weighted by Gasteiger charge is 2.40. The molecule has 3 rings (SSSR count). The number of aliphatic hydroxyl groups is 1. The molecule has 6 heteroatoms. The zero-order valence-electron chi connectivity index (χ0n) is 12.7. The zero-order valence-corrected chi connectivity index (χ0v) is 12.7. The van der Waals surface area contributed by atoms with E-state index in [2.05, 4.69) is 15.2 Å². The molecule has 1 aromatic rings. The van der Waals surface area contributed by atoms with Gasteiger partial charge in [-0.05, 0) is 31.5 Å². The zero-order chi connectivity index (χ0) is 15.4. The molecule has 0 bridgehead atoms. The van der Waals surface area contributed by atoms with E-state index in [1.165, 1.54) is 0 Å². The molecule has 1 aromatic heterocycles. The number of hydrogen-bond donors (Lipinski definition) is 2. The maximum atomic E-state index is 12.4. The second-order valence-electron chi connectivity index (χ2n) is 6.43. The Labute approximate surface area is 130 Å². The highest BCUT2D eigenvalue weighted by molar-refractivity contribution is 5.91. The predicted octanol–water partition coefficient (Wildman–Crippen LogP) is 0.741. The Kier molecular flexibility index (Phi) is 4.71. The first kappa shape index (κ1) is 15.4. The second kappa shape index (κ2) is 6.73. The number of piperidine rings is 1. The molecule has 0 radical (unpaired) electrons. The summed E-state index contributed by atoms with van der Waals surface area (Å²) in [6.45, 7) is 3.90. The fourth-order valence-electron chi connectivity index (χ4n) is 3.18. The van der Waals surface area contributed by atoms with Crippen LogP contribution >= 0.6 is 0 Å². The summed E-state index contributed by atoms with van der Waals surface area (Å²) in [5.41, 5.74) is -0.126. The summed E-state index contributed by atoms with van der Waals surface area (Å²) in [6.07, 6.45) is 3.57. The Hall–Kier alpha value is -1.50. The number of nitrogens with zero attached hydrogens (tertiary/aromatic N) is 2. The van der Waals surface area contributed by atoms with Gasteiger partial charge < -0.3 is 20.1 Å². The number of carbonyl (C=O) groups is 1. The number of aromatic nitrogens is 1. The van der Waals surface area contributed by atoms with Crippen molar-refractivity contribution in [2.24, 2.45) is 11.3 Å². The van der Waals surface area contributed by atoms with Gasteiger partial charge in [0.05, 0.1) is 31.2 Å². The number of amides is 1. The van der Waals surface area contributed by atoms with E-state index in [4.69, 9.17) is 4.74 Å². The maximum absolute atomic E-state index is 12.4. The molecule has 1 atom stereocenters. The van der Waals surface area contributed by atoms with E-state index in [1.54, 1.807) is 12.3 Å². The minimum Gasteiger partial charge on any atom is -0.396 e. The van der Waals surface area contributed by atoms with Gasteiger partial charge in [0.1, 0.15) is 5.82 Å². The molecular formula is C16H23N3O3. The van der Waals surface area contributed by atoms with Crippen LogP contribution in [0.2, 0.25) is 0 Å². The molecule has 2 saturated heterocycles. The highest BCUT2D eigenvalue weighted by atomic mass is 16.5. The molecule has 0 aliphatic carbocycles. The number of pyridine rings is 1. The molecular weight excluding hydrogens is 282 g/mol. The van der Waals surface area contributed by atoms with Crippen molar-refractivity contribution in [2.45, 2.75) is 12.8 Å². The van der Waals surface area contributed by atoms with Crippen LogP contribution in [-0.2, 0) is 9.53 Å².